The first-order valence-corrected chi connectivity index (χ1v) is 5.82. The Morgan fingerprint density at radius 1 is 1.41 bits per heavy atom. The van der Waals surface area contributed by atoms with Gasteiger partial charge in [0.15, 0.2) is 0 Å². The van der Waals surface area contributed by atoms with Gasteiger partial charge in [-0.1, -0.05) is 32.4 Å². The normalized spacial score (nSPS) is 11.4. The minimum absolute atomic E-state index is 0.101. The monoisotopic (exact) mass is 255 g/mol. The van der Waals surface area contributed by atoms with E-state index in [9.17, 15) is 4.79 Å². The molecule has 4 heteroatoms. The van der Waals surface area contributed by atoms with Crippen LogP contribution in [0, 0.1) is 5.41 Å². The SMILES string of the molecule is CN(CC(C)(C)C)c1ccc(Cl)cc1C(=O)O. The first-order chi connectivity index (χ1) is 7.70. The highest BCUT2D eigenvalue weighted by Crippen LogP contribution is 2.26. The summed E-state index contributed by atoms with van der Waals surface area (Å²) < 4.78 is 0. The summed E-state index contributed by atoms with van der Waals surface area (Å²) in [6.07, 6.45) is 0. The minimum atomic E-state index is -0.955. The van der Waals surface area contributed by atoms with E-state index in [1.165, 1.54) is 6.07 Å². The topological polar surface area (TPSA) is 40.5 Å². The molecule has 0 unspecified atom stereocenters. The second-order valence-electron chi connectivity index (χ2n) is 5.38. The van der Waals surface area contributed by atoms with Crippen LogP contribution >= 0.6 is 11.6 Å². The average Bonchev–Trinajstić information content (AvgIpc) is 2.14. The molecular formula is C13H18ClNO2. The van der Waals surface area contributed by atoms with E-state index in [1.54, 1.807) is 12.1 Å². The van der Waals surface area contributed by atoms with Gasteiger partial charge in [-0.25, -0.2) is 4.79 Å². The second-order valence-corrected chi connectivity index (χ2v) is 5.82. The van der Waals surface area contributed by atoms with Crippen molar-refractivity contribution in [3.63, 3.8) is 0 Å². The molecule has 0 heterocycles. The Morgan fingerprint density at radius 3 is 2.47 bits per heavy atom. The van der Waals surface area contributed by atoms with Gasteiger partial charge in [0.05, 0.1) is 11.3 Å². The van der Waals surface area contributed by atoms with Crippen LogP contribution in [0.4, 0.5) is 5.69 Å². The molecule has 0 aliphatic carbocycles. The molecule has 0 fully saturated rings. The molecule has 1 aromatic rings. The van der Waals surface area contributed by atoms with Crippen molar-refractivity contribution < 1.29 is 9.90 Å². The molecule has 0 saturated carbocycles. The fourth-order valence-electron chi connectivity index (χ4n) is 1.81. The highest BCUT2D eigenvalue weighted by atomic mass is 35.5. The number of benzene rings is 1. The number of anilines is 1. The van der Waals surface area contributed by atoms with Gasteiger partial charge in [0.25, 0.3) is 0 Å². The summed E-state index contributed by atoms with van der Waals surface area (Å²) in [5.74, 6) is -0.955. The van der Waals surface area contributed by atoms with Gasteiger partial charge in [0, 0.05) is 18.6 Å². The molecule has 1 rings (SSSR count). The maximum atomic E-state index is 11.2. The van der Waals surface area contributed by atoms with Crippen LogP contribution in [0.3, 0.4) is 0 Å². The molecule has 0 radical (unpaired) electrons. The molecule has 0 bridgehead atoms. The summed E-state index contributed by atoms with van der Waals surface area (Å²) in [7, 11) is 1.89. The zero-order valence-electron chi connectivity index (χ0n) is 10.6. The van der Waals surface area contributed by atoms with Crippen LogP contribution in [0.5, 0.6) is 0 Å². The lowest BCUT2D eigenvalue weighted by Crippen LogP contribution is -2.30. The highest BCUT2D eigenvalue weighted by molar-refractivity contribution is 6.31. The number of rotatable bonds is 3. The number of nitrogens with zero attached hydrogens (tertiary/aromatic N) is 1. The van der Waals surface area contributed by atoms with Gasteiger partial charge in [-0.15, -0.1) is 0 Å². The molecule has 1 N–H and O–H groups in total. The quantitative estimate of drug-likeness (QED) is 0.898. The van der Waals surface area contributed by atoms with Crippen molar-refractivity contribution in [2.45, 2.75) is 20.8 Å². The van der Waals surface area contributed by atoms with E-state index in [2.05, 4.69) is 20.8 Å². The number of aromatic carboxylic acids is 1. The summed E-state index contributed by atoms with van der Waals surface area (Å²) in [6, 6.07) is 4.94. The molecule has 0 saturated heterocycles. The van der Waals surface area contributed by atoms with E-state index in [4.69, 9.17) is 16.7 Å². The number of halogens is 1. The van der Waals surface area contributed by atoms with Gasteiger partial charge < -0.3 is 10.0 Å². The van der Waals surface area contributed by atoms with Crippen LogP contribution in [0.2, 0.25) is 5.02 Å². The lowest BCUT2D eigenvalue weighted by Gasteiger charge is -2.29. The van der Waals surface area contributed by atoms with E-state index < -0.39 is 5.97 Å². The van der Waals surface area contributed by atoms with Gasteiger partial charge in [0.2, 0.25) is 0 Å². The van der Waals surface area contributed by atoms with Gasteiger partial charge >= 0.3 is 5.97 Å². The van der Waals surface area contributed by atoms with Crippen molar-refractivity contribution >= 4 is 23.3 Å². The molecule has 17 heavy (non-hydrogen) atoms. The van der Waals surface area contributed by atoms with Crippen LogP contribution in [-0.4, -0.2) is 24.7 Å². The summed E-state index contributed by atoms with van der Waals surface area (Å²) in [5, 5.41) is 9.59. The Kier molecular flexibility index (Phi) is 4.04. The third-order valence-electron chi connectivity index (χ3n) is 2.31. The Bertz CT molecular complexity index is 424. The Hall–Kier alpha value is -1.22. The fraction of sp³-hybridized carbons (Fsp3) is 0.462. The molecule has 3 nitrogen and oxygen atoms in total. The second kappa shape index (κ2) is 4.96. The first-order valence-electron chi connectivity index (χ1n) is 5.45. The molecule has 0 spiro atoms. The largest absolute Gasteiger partial charge is 0.478 e. The van der Waals surface area contributed by atoms with Gasteiger partial charge in [-0.2, -0.15) is 0 Å². The van der Waals surface area contributed by atoms with Crippen LogP contribution in [0.15, 0.2) is 18.2 Å². The predicted molar refractivity (Wildman–Crippen MR) is 71.1 cm³/mol. The van der Waals surface area contributed by atoms with Crippen LogP contribution in [0.25, 0.3) is 0 Å². The molecular weight excluding hydrogens is 238 g/mol. The number of hydrogen-bond donors (Lipinski definition) is 1. The maximum absolute atomic E-state index is 11.2. The molecule has 0 aliphatic rings. The number of carbonyl (C=O) groups is 1. The number of hydrogen-bond acceptors (Lipinski definition) is 2. The molecule has 0 atom stereocenters. The predicted octanol–water partition coefficient (Wildman–Crippen LogP) is 3.52. The standard InChI is InChI=1S/C13H18ClNO2/c1-13(2,3)8-15(4)11-6-5-9(14)7-10(11)12(16)17/h5-7H,8H2,1-4H3,(H,16,17). The smallest absolute Gasteiger partial charge is 0.337 e. The molecule has 0 aliphatic heterocycles. The first kappa shape index (κ1) is 13.8. The van der Waals surface area contributed by atoms with E-state index >= 15 is 0 Å². The zero-order valence-corrected chi connectivity index (χ0v) is 11.4. The van der Waals surface area contributed by atoms with E-state index in [0.29, 0.717) is 10.7 Å². The lowest BCUT2D eigenvalue weighted by molar-refractivity contribution is 0.0697. The summed E-state index contributed by atoms with van der Waals surface area (Å²) in [6.45, 7) is 7.11. The lowest BCUT2D eigenvalue weighted by atomic mass is 9.95. The Labute approximate surface area is 107 Å². The molecule has 0 amide bonds. The number of carboxylic acids is 1. The van der Waals surface area contributed by atoms with Crippen molar-refractivity contribution in [3.8, 4) is 0 Å². The third-order valence-corrected chi connectivity index (χ3v) is 2.55. The van der Waals surface area contributed by atoms with Crippen molar-refractivity contribution in [1.82, 2.24) is 0 Å². The Balaban J connectivity index is 3.09. The minimum Gasteiger partial charge on any atom is -0.478 e. The van der Waals surface area contributed by atoms with Crippen molar-refractivity contribution in [1.29, 1.82) is 0 Å². The van der Waals surface area contributed by atoms with Gasteiger partial charge in [-0.05, 0) is 23.6 Å². The van der Waals surface area contributed by atoms with E-state index in [1.807, 2.05) is 11.9 Å². The number of carboxylic acid groups (broad SMARTS) is 1. The van der Waals surface area contributed by atoms with Crippen molar-refractivity contribution in [3.05, 3.63) is 28.8 Å². The van der Waals surface area contributed by atoms with Gasteiger partial charge in [-0.3, -0.25) is 0 Å². The molecule has 94 valence electrons. The average molecular weight is 256 g/mol. The zero-order chi connectivity index (χ0) is 13.2. The highest BCUT2D eigenvalue weighted by Gasteiger charge is 2.18. The van der Waals surface area contributed by atoms with Crippen molar-refractivity contribution in [2.24, 2.45) is 5.41 Å². The molecule has 0 aromatic heterocycles. The fourth-order valence-corrected chi connectivity index (χ4v) is 1.98. The van der Waals surface area contributed by atoms with Crippen LogP contribution < -0.4 is 4.90 Å². The van der Waals surface area contributed by atoms with Gasteiger partial charge in [0.1, 0.15) is 0 Å². The van der Waals surface area contributed by atoms with Crippen molar-refractivity contribution in [2.75, 3.05) is 18.5 Å². The third kappa shape index (κ3) is 3.93. The summed E-state index contributed by atoms with van der Waals surface area (Å²) in [5.41, 5.74) is 1.03. The Morgan fingerprint density at radius 2 is 2.00 bits per heavy atom. The summed E-state index contributed by atoms with van der Waals surface area (Å²) >= 11 is 5.82. The maximum Gasteiger partial charge on any atom is 0.337 e. The van der Waals surface area contributed by atoms with Crippen LogP contribution in [0.1, 0.15) is 31.1 Å². The van der Waals surface area contributed by atoms with E-state index in [0.717, 1.165) is 6.54 Å². The summed E-state index contributed by atoms with van der Waals surface area (Å²) in [4.78, 5) is 13.1. The molecule has 1 aromatic carbocycles. The van der Waals surface area contributed by atoms with Crippen LogP contribution in [-0.2, 0) is 0 Å². The van der Waals surface area contributed by atoms with E-state index in [-0.39, 0.29) is 11.0 Å².